The fraction of sp³-hybridized carbons (Fsp3) is 0.558. The highest BCUT2D eigenvalue weighted by molar-refractivity contribution is 7.29. The molecule has 98 heavy (non-hydrogen) atoms. The molecule has 0 saturated heterocycles. The van der Waals surface area contributed by atoms with Gasteiger partial charge in [0.1, 0.15) is 11.5 Å². The summed E-state index contributed by atoms with van der Waals surface area (Å²) in [6, 6.07) is 32.6. The van der Waals surface area contributed by atoms with Crippen molar-refractivity contribution >= 4 is 45.3 Å². The second-order valence-electron chi connectivity index (χ2n) is 27.6. The summed E-state index contributed by atoms with van der Waals surface area (Å²) in [5.41, 5.74) is 10.4. The van der Waals surface area contributed by atoms with Gasteiger partial charge in [0.05, 0.1) is 18.8 Å². The van der Waals surface area contributed by atoms with Crippen LogP contribution in [0.3, 0.4) is 0 Å². The van der Waals surface area contributed by atoms with Gasteiger partial charge in [0.25, 0.3) is 5.89 Å². The van der Waals surface area contributed by atoms with Crippen LogP contribution < -0.4 is 9.47 Å². The number of nitrogens with zero attached hydrogens (tertiary/aromatic N) is 4. The van der Waals surface area contributed by atoms with Gasteiger partial charge in [-0.1, -0.05) is 252 Å². The number of aryl methyl sites for hydroxylation is 4. The van der Waals surface area contributed by atoms with E-state index in [1.807, 2.05) is 77.3 Å². The minimum atomic E-state index is 0.408. The van der Waals surface area contributed by atoms with Crippen LogP contribution in [0.1, 0.15) is 295 Å². The van der Waals surface area contributed by atoms with Crippen LogP contribution in [-0.2, 0) is 25.7 Å². The highest BCUT2D eigenvalue weighted by Crippen LogP contribution is 2.52. The molecule has 3 aromatic carbocycles. The Bertz CT molecular complexity index is 3620. The van der Waals surface area contributed by atoms with Gasteiger partial charge in [-0.2, -0.15) is 0 Å². The summed E-state index contributed by atoms with van der Waals surface area (Å²) in [7, 11) is 0. The lowest BCUT2D eigenvalue weighted by molar-refractivity contribution is 0.297. The van der Waals surface area contributed by atoms with Gasteiger partial charge in [0.2, 0.25) is 17.7 Å². The van der Waals surface area contributed by atoms with Crippen LogP contribution in [0.25, 0.3) is 85.5 Å². The zero-order chi connectivity index (χ0) is 68.2. The van der Waals surface area contributed by atoms with Gasteiger partial charge in [0, 0.05) is 56.4 Å². The van der Waals surface area contributed by atoms with E-state index in [9.17, 15) is 0 Å². The molecule has 0 atom stereocenters. The lowest BCUT2D eigenvalue weighted by Gasteiger charge is -2.17. The number of benzene rings is 3. The second kappa shape index (κ2) is 43.9. The van der Waals surface area contributed by atoms with Gasteiger partial charge in [-0.25, -0.2) is 0 Å². The van der Waals surface area contributed by atoms with Crippen LogP contribution >= 0.6 is 45.3 Å². The Morgan fingerprint density at radius 3 is 1.09 bits per heavy atom. The molecule has 0 bridgehead atoms. The Morgan fingerprint density at radius 1 is 0.306 bits per heavy atom. The maximum absolute atomic E-state index is 7.17. The van der Waals surface area contributed by atoms with Gasteiger partial charge >= 0.3 is 0 Å². The van der Waals surface area contributed by atoms with Crippen LogP contribution in [0.2, 0.25) is 0 Å². The second-order valence-corrected chi connectivity index (χ2v) is 31.7. The molecule has 8 nitrogen and oxygen atoms in total. The highest BCUT2D eigenvalue weighted by atomic mass is 32.1. The first kappa shape index (κ1) is 76.5. The zero-order valence-electron chi connectivity index (χ0n) is 61.0. The Labute approximate surface area is 607 Å². The van der Waals surface area contributed by atoms with Crippen molar-refractivity contribution in [3.05, 3.63) is 119 Å². The van der Waals surface area contributed by atoms with Gasteiger partial charge in [-0.05, 0) is 165 Å². The Morgan fingerprint density at radius 2 is 0.643 bits per heavy atom. The molecule has 0 aliphatic rings. The summed E-state index contributed by atoms with van der Waals surface area (Å²) in [6.07, 6.45) is 49.8. The van der Waals surface area contributed by atoms with Crippen LogP contribution in [0.4, 0.5) is 0 Å². The molecule has 0 aliphatic carbocycles. The summed E-state index contributed by atoms with van der Waals surface area (Å²) in [5, 5.41) is 20.7. The molecule has 0 N–H and O–H groups in total. The summed E-state index contributed by atoms with van der Waals surface area (Å²) >= 11 is 8.10. The normalized spacial score (nSPS) is 11.7. The number of thiophene rings is 4. The molecule has 6 heterocycles. The fourth-order valence-electron chi connectivity index (χ4n) is 13.4. The van der Waals surface area contributed by atoms with Gasteiger partial charge < -0.3 is 18.3 Å². The molecule has 9 rings (SSSR count). The van der Waals surface area contributed by atoms with Gasteiger partial charge in [-0.3, -0.25) is 0 Å². The average Bonchev–Trinajstić information content (AvgIpc) is 1.55. The predicted octanol–water partition coefficient (Wildman–Crippen LogP) is 29.1. The first-order valence-electron chi connectivity index (χ1n) is 39.2. The molecule has 0 radical (unpaired) electrons. The van der Waals surface area contributed by atoms with Crippen molar-refractivity contribution in [3.63, 3.8) is 0 Å². The van der Waals surface area contributed by atoms with Crippen LogP contribution in [0.15, 0.2) is 105 Å². The van der Waals surface area contributed by atoms with E-state index in [1.165, 1.54) is 256 Å². The Hall–Kier alpha value is -5.66. The molecule has 0 spiro atoms. The standard InChI is InChI=1S/C86H118N4O4S4/c1-7-13-19-25-31-38-46-65-58-76(95-64-65)77-60-70(50-40-33-27-21-15-9-3)81(97-77)82-71(51-41-34-28-22-16-10-4)61-79(98-82)78-59-69(49-39-32-26-20-14-8-2)80(96-78)72-62-75(92-57-45-36-30-24-18-12-6)73(63-74(72)91-56-44-35-29-23-17-11-5)86-90-89-85(94-86)68-54-52-67(53-55-68)84-88-87-83(93-84)66-47-42-37-43-48-66/h37,42-43,47-48,52-55,58-64H,7-36,38-41,44-46,49-51,56-57H2,1-6H3. The largest absolute Gasteiger partial charge is 0.493 e. The monoisotopic (exact) mass is 1400 g/mol. The van der Waals surface area contributed by atoms with Crippen molar-refractivity contribution in [3.8, 4) is 97.0 Å². The predicted molar refractivity (Wildman–Crippen MR) is 423 cm³/mol. The first-order valence-corrected chi connectivity index (χ1v) is 42.5. The van der Waals surface area contributed by atoms with Crippen LogP contribution in [0.5, 0.6) is 11.5 Å². The van der Waals surface area contributed by atoms with Crippen molar-refractivity contribution in [1.29, 1.82) is 0 Å². The van der Waals surface area contributed by atoms with Crippen molar-refractivity contribution in [1.82, 2.24) is 20.4 Å². The summed E-state index contributed by atoms with van der Waals surface area (Å²) < 4.78 is 27.1. The minimum Gasteiger partial charge on any atom is -0.493 e. The van der Waals surface area contributed by atoms with E-state index >= 15 is 0 Å². The quantitative estimate of drug-likeness (QED) is 0.0348. The average molecular weight is 1400 g/mol. The van der Waals surface area contributed by atoms with E-state index in [0.717, 1.165) is 90.7 Å². The molecular weight excluding hydrogens is 1280 g/mol. The van der Waals surface area contributed by atoms with E-state index in [1.54, 1.807) is 5.56 Å². The van der Waals surface area contributed by atoms with Crippen LogP contribution in [-0.4, -0.2) is 33.6 Å². The van der Waals surface area contributed by atoms with Gasteiger partial charge in [-0.15, -0.1) is 65.7 Å². The fourth-order valence-corrected chi connectivity index (χ4v) is 18.3. The number of rotatable bonds is 52. The third-order valence-electron chi connectivity index (χ3n) is 19.3. The third kappa shape index (κ3) is 24.0. The number of unbranched alkanes of at least 4 members (excludes halogenated alkanes) is 30. The number of ether oxygens (including phenoxy) is 2. The Balaban J connectivity index is 1.11. The van der Waals surface area contributed by atoms with Crippen molar-refractivity contribution in [2.45, 2.75) is 298 Å². The van der Waals surface area contributed by atoms with Crippen LogP contribution in [0, 0.1) is 0 Å². The highest BCUT2D eigenvalue weighted by Gasteiger charge is 2.26. The first-order chi connectivity index (χ1) is 48.4. The maximum Gasteiger partial charge on any atom is 0.252 e. The molecule has 6 aromatic heterocycles. The van der Waals surface area contributed by atoms with Crippen molar-refractivity contribution in [2.75, 3.05) is 13.2 Å². The summed E-state index contributed by atoms with van der Waals surface area (Å²) in [5.74, 6) is 3.36. The van der Waals surface area contributed by atoms with E-state index in [0.29, 0.717) is 36.8 Å². The van der Waals surface area contributed by atoms with E-state index < -0.39 is 0 Å². The SMILES string of the molecule is CCCCCCCCOc1cc(-c2sc(-c3cc(CCCCCCCC)c(-c4sc(-c5cc(CCCCCCCC)cs5)cc4CCCCCCCC)s3)cc2CCCCCCCC)c(OCCCCCCCC)cc1-c1nnc(-c2ccc(-c3nnc(-c4ccccc4)o3)cc2)o1. The molecule has 0 unspecified atom stereocenters. The summed E-state index contributed by atoms with van der Waals surface area (Å²) in [6.45, 7) is 15.1. The molecule has 0 saturated carbocycles. The lowest BCUT2D eigenvalue weighted by Crippen LogP contribution is -2.03. The molecule has 0 aliphatic heterocycles. The van der Waals surface area contributed by atoms with Crippen molar-refractivity contribution in [2.24, 2.45) is 0 Å². The van der Waals surface area contributed by atoms with E-state index in [4.69, 9.17) is 28.5 Å². The molecule has 9 aromatic rings. The number of hydrogen-bond acceptors (Lipinski definition) is 12. The smallest absolute Gasteiger partial charge is 0.252 e. The molecule has 12 heteroatoms. The maximum atomic E-state index is 7.17. The zero-order valence-corrected chi connectivity index (χ0v) is 64.3. The number of hydrogen-bond donors (Lipinski definition) is 0. The minimum absolute atomic E-state index is 0.408. The topological polar surface area (TPSA) is 96.3 Å². The third-order valence-corrected chi connectivity index (χ3v) is 24.4. The summed E-state index contributed by atoms with van der Waals surface area (Å²) in [4.78, 5) is 9.98. The van der Waals surface area contributed by atoms with Gasteiger partial charge in [0.15, 0.2) is 0 Å². The molecule has 0 fully saturated rings. The Kier molecular flexibility index (Phi) is 34.3. The van der Waals surface area contributed by atoms with E-state index in [2.05, 4.69) is 116 Å². The number of aromatic nitrogens is 4. The molecule has 530 valence electrons. The lowest BCUT2D eigenvalue weighted by atomic mass is 10.00. The molecular formula is C86H118N4O4S4. The van der Waals surface area contributed by atoms with E-state index in [-0.39, 0.29) is 0 Å². The van der Waals surface area contributed by atoms with Crippen molar-refractivity contribution < 1.29 is 18.3 Å². The molecule has 0 amide bonds.